The van der Waals surface area contributed by atoms with Crippen LogP contribution in [0.1, 0.15) is 5.56 Å². The highest BCUT2D eigenvalue weighted by molar-refractivity contribution is 5.80. The lowest BCUT2D eigenvalue weighted by Gasteiger charge is -2.14. The molecular formula is C14H12F3NO. The van der Waals surface area contributed by atoms with Gasteiger partial charge in [-0.15, -0.1) is 13.2 Å². The summed E-state index contributed by atoms with van der Waals surface area (Å²) in [4.78, 5) is 0. The van der Waals surface area contributed by atoms with Gasteiger partial charge in [-0.1, -0.05) is 30.3 Å². The molecule has 0 atom stereocenters. The van der Waals surface area contributed by atoms with Crippen LogP contribution in [-0.4, -0.2) is 6.36 Å². The smallest absolute Gasteiger partial charge is 0.405 e. The van der Waals surface area contributed by atoms with Gasteiger partial charge in [0, 0.05) is 16.8 Å². The van der Waals surface area contributed by atoms with Gasteiger partial charge in [0.05, 0.1) is 0 Å². The van der Waals surface area contributed by atoms with Gasteiger partial charge in [0.25, 0.3) is 0 Å². The molecular weight excluding hydrogens is 255 g/mol. The first kappa shape index (κ1) is 13.3. The molecule has 19 heavy (non-hydrogen) atoms. The molecule has 2 N–H and O–H groups in total. The second-order valence-corrected chi connectivity index (χ2v) is 4.13. The molecule has 0 aromatic heterocycles. The highest BCUT2D eigenvalue weighted by Gasteiger charge is 2.32. The number of nitrogens with two attached hydrogens (primary N) is 1. The first-order valence-corrected chi connectivity index (χ1v) is 5.58. The van der Waals surface area contributed by atoms with E-state index < -0.39 is 6.36 Å². The molecule has 0 spiro atoms. The average molecular weight is 267 g/mol. The summed E-state index contributed by atoms with van der Waals surface area (Å²) in [6.07, 6.45) is -4.73. The maximum Gasteiger partial charge on any atom is 0.573 e. The maximum atomic E-state index is 12.3. The maximum absolute atomic E-state index is 12.3. The molecule has 0 aliphatic rings. The summed E-state index contributed by atoms with van der Waals surface area (Å²) in [7, 11) is 0. The number of para-hydroxylation sites is 1. The molecule has 2 aromatic rings. The van der Waals surface area contributed by atoms with Crippen LogP contribution in [0, 0.1) is 6.92 Å². The fourth-order valence-electron chi connectivity index (χ4n) is 1.83. The lowest BCUT2D eigenvalue weighted by atomic mass is 10.0. The molecule has 0 saturated carbocycles. The number of alkyl halides is 3. The van der Waals surface area contributed by atoms with E-state index in [0.717, 1.165) is 5.56 Å². The van der Waals surface area contributed by atoms with Gasteiger partial charge in [-0.25, -0.2) is 0 Å². The summed E-state index contributed by atoms with van der Waals surface area (Å²) < 4.78 is 41.1. The zero-order valence-electron chi connectivity index (χ0n) is 10.2. The van der Waals surface area contributed by atoms with Crippen molar-refractivity contribution in [3.63, 3.8) is 0 Å². The first-order chi connectivity index (χ1) is 8.87. The van der Waals surface area contributed by atoms with E-state index in [1.807, 2.05) is 6.92 Å². The van der Waals surface area contributed by atoms with Gasteiger partial charge >= 0.3 is 6.36 Å². The number of rotatable bonds is 2. The van der Waals surface area contributed by atoms with E-state index in [-0.39, 0.29) is 5.75 Å². The fourth-order valence-corrected chi connectivity index (χ4v) is 1.83. The van der Waals surface area contributed by atoms with Crippen molar-refractivity contribution in [3.05, 3.63) is 48.0 Å². The highest BCUT2D eigenvalue weighted by atomic mass is 19.4. The summed E-state index contributed by atoms with van der Waals surface area (Å²) in [5.41, 5.74) is 8.04. The minimum atomic E-state index is -4.73. The molecule has 0 aliphatic carbocycles. The Morgan fingerprint density at radius 2 is 1.68 bits per heavy atom. The summed E-state index contributed by atoms with van der Waals surface area (Å²) in [5, 5.41) is 0. The second-order valence-electron chi connectivity index (χ2n) is 4.13. The van der Waals surface area contributed by atoms with Crippen molar-refractivity contribution >= 4 is 5.69 Å². The fraction of sp³-hybridized carbons (Fsp3) is 0.143. The number of ether oxygens (including phenoxy) is 1. The Balaban J connectivity index is 2.50. The Morgan fingerprint density at radius 3 is 2.32 bits per heavy atom. The molecule has 5 heteroatoms. The van der Waals surface area contributed by atoms with E-state index >= 15 is 0 Å². The van der Waals surface area contributed by atoms with Crippen LogP contribution in [0.2, 0.25) is 0 Å². The van der Waals surface area contributed by atoms with Crippen molar-refractivity contribution in [3.8, 4) is 16.9 Å². The molecule has 2 rings (SSSR count). The van der Waals surface area contributed by atoms with Crippen molar-refractivity contribution in [1.29, 1.82) is 0 Å². The number of hydrogen-bond donors (Lipinski definition) is 1. The third-order valence-corrected chi connectivity index (χ3v) is 2.61. The largest absolute Gasteiger partial charge is 0.573 e. The summed E-state index contributed by atoms with van der Waals surface area (Å²) in [6.45, 7) is 1.86. The summed E-state index contributed by atoms with van der Waals surface area (Å²) in [5.74, 6) is -0.259. The second kappa shape index (κ2) is 4.84. The van der Waals surface area contributed by atoms with Gasteiger partial charge in [-0.2, -0.15) is 0 Å². The predicted octanol–water partition coefficient (Wildman–Crippen LogP) is 4.14. The Kier molecular flexibility index (Phi) is 3.38. The van der Waals surface area contributed by atoms with Crippen molar-refractivity contribution in [2.45, 2.75) is 13.3 Å². The van der Waals surface area contributed by atoms with Gasteiger partial charge in [-0.05, 0) is 24.6 Å². The van der Waals surface area contributed by atoms with Crippen molar-refractivity contribution in [2.24, 2.45) is 0 Å². The Hall–Kier alpha value is -2.17. The van der Waals surface area contributed by atoms with Gasteiger partial charge < -0.3 is 10.5 Å². The van der Waals surface area contributed by atoms with E-state index in [0.29, 0.717) is 16.8 Å². The molecule has 0 fully saturated rings. The monoisotopic (exact) mass is 267 g/mol. The zero-order chi connectivity index (χ0) is 14.0. The summed E-state index contributed by atoms with van der Waals surface area (Å²) >= 11 is 0. The van der Waals surface area contributed by atoms with Crippen LogP contribution in [0.3, 0.4) is 0 Å². The quantitative estimate of drug-likeness (QED) is 0.830. The third kappa shape index (κ3) is 3.19. The van der Waals surface area contributed by atoms with E-state index in [1.54, 1.807) is 30.3 Å². The number of aryl methyl sites for hydroxylation is 1. The van der Waals surface area contributed by atoms with E-state index in [9.17, 15) is 13.2 Å². The molecule has 0 unspecified atom stereocenters. The molecule has 2 nitrogen and oxygen atoms in total. The van der Waals surface area contributed by atoms with Crippen LogP contribution in [0.15, 0.2) is 42.5 Å². The normalized spacial score (nSPS) is 11.4. The van der Waals surface area contributed by atoms with Gasteiger partial charge in [0.15, 0.2) is 0 Å². The molecule has 0 amide bonds. The number of benzene rings is 2. The number of halogens is 3. The van der Waals surface area contributed by atoms with E-state index in [4.69, 9.17) is 5.73 Å². The van der Waals surface area contributed by atoms with Gasteiger partial charge in [0.2, 0.25) is 0 Å². The molecule has 0 radical (unpaired) electrons. The van der Waals surface area contributed by atoms with Crippen LogP contribution in [0.25, 0.3) is 11.1 Å². The SMILES string of the molecule is Cc1ccc(-c2ccccc2OC(F)(F)F)c(N)c1. The number of nitrogen functional groups attached to an aromatic ring is 1. The van der Waals surface area contributed by atoms with Crippen LogP contribution in [0.4, 0.5) is 18.9 Å². The van der Waals surface area contributed by atoms with Crippen molar-refractivity contribution in [2.75, 3.05) is 5.73 Å². The highest BCUT2D eigenvalue weighted by Crippen LogP contribution is 2.36. The number of anilines is 1. The Bertz CT molecular complexity index is 593. The van der Waals surface area contributed by atoms with Crippen LogP contribution >= 0.6 is 0 Å². The van der Waals surface area contributed by atoms with Gasteiger partial charge in [0.1, 0.15) is 5.75 Å². The lowest BCUT2D eigenvalue weighted by molar-refractivity contribution is -0.274. The first-order valence-electron chi connectivity index (χ1n) is 5.58. The molecule has 0 heterocycles. The van der Waals surface area contributed by atoms with E-state index in [2.05, 4.69) is 4.74 Å². The van der Waals surface area contributed by atoms with Crippen molar-refractivity contribution in [1.82, 2.24) is 0 Å². The van der Waals surface area contributed by atoms with Crippen LogP contribution in [-0.2, 0) is 0 Å². The third-order valence-electron chi connectivity index (χ3n) is 2.61. The molecule has 100 valence electrons. The Morgan fingerprint density at radius 1 is 1.00 bits per heavy atom. The molecule has 0 bridgehead atoms. The molecule has 0 saturated heterocycles. The zero-order valence-corrected chi connectivity index (χ0v) is 10.2. The van der Waals surface area contributed by atoms with Crippen LogP contribution < -0.4 is 10.5 Å². The molecule has 0 aliphatic heterocycles. The Labute approximate surface area is 108 Å². The summed E-state index contributed by atoms with van der Waals surface area (Å²) in [6, 6.07) is 11.1. The van der Waals surface area contributed by atoms with Gasteiger partial charge in [-0.3, -0.25) is 0 Å². The van der Waals surface area contributed by atoms with Crippen molar-refractivity contribution < 1.29 is 17.9 Å². The minimum Gasteiger partial charge on any atom is -0.405 e. The average Bonchev–Trinajstić information content (AvgIpc) is 2.28. The number of hydrogen-bond acceptors (Lipinski definition) is 2. The predicted molar refractivity (Wildman–Crippen MR) is 67.7 cm³/mol. The van der Waals surface area contributed by atoms with E-state index in [1.165, 1.54) is 12.1 Å². The standard InChI is InChI=1S/C14H12F3NO/c1-9-6-7-10(12(18)8-9)11-4-2-3-5-13(11)19-14(15,16)17/h2-8H,18H2,1H3. The minimum absolute atomic E-state index is 0.259. The lowest BCUT2D eigenvalue weighted by Crippen LogP contribution is -2.17. The van der Waals surface area contributed by atoms with Crippen LogP contribution in [0.5, 0.6) is 5.75 Å². The molecule has 2 aromatic carbocycles. The topological polar surface area (TPSA) is 35.2 Å².